The summed E-state index contributed by atoms with van der Waals surface area (Å²) in [6, 6.07) is 27.5. The third-order valence-corrected chi connectivity index (χ3v) is 3.52. The molecular weight excluding hydrogens is 286 g/mol. The zero-order valence-electron chi connectivity index (χ0n) is 12.4. The minimum atomic E-state index is -0.300. The Balaban J connectivity index is 0.000000136. The highest BCUT2D eigenvalue weighted by Gasteiger charge is 2.25. The molecule has 0 aromatic heterocycles. The quantitative estimate of drug-likeness (QED) is 0.692. The number of rotatable bonds is 1. The Labute approximate surface area is 134 Å². The maximum Gasteiger partial charge on any atom is 0.258 e. The third kappa shape index (κ3) is 3.35. The molecule has 0 bridgehead atoms. The van der Waals surface area contributed by atoms with E-state index in [4.69, 9.17) is 0 Å². The lowest BCUT2D eigenvalue weighted by molar-refractivity contribution is 0.0879. The Morgan fingerprint density at radius 2 is 0.826 bits per heavy atom. The molecule has 1 N–H and O–H groups in total. The Bertz CT molecular complexity index is 756. The van der Waals surface area contributed by atoms with E-state index in [2.05, 4.69) is 53.8 Å². The van der Waals surface area contributed by atoms with Gasteiger partial charge in [-0.15, -0.1) is 0 Å². The minimum Gasteiger partial charge on any atom is -0.288 e. The van der Waals surface area contributed by atoms with Crippen molar-refractivity contribution in [3.63, 3.8) is 0 Å². The van der Waals surface area contributed by atoms with Gasteiger partial charge in [-0.05, 0) is 23.3 Å². The zero-order chi connectivity index (χ0) is 16.1. The fourth-order valence-electron chi connectivity index (χ4n) is 2.38. The predicted molar refractivity (Wildman–Crippen MR) is 90.1 cm³/mol. The fourth-order valence-corrected chi connectivity index (χ4v) is 2.38. The second kappa shape index (κ2) is 6.71. The number of amides is 2. The van der Waals surface area contributed by atoms with Gasteiger partial charge in [-0.3, -0.25) is 14.9 Å². The molecule has 0 fully saturated rings. The van der Waals surface area contributed by atoms with Crippen LogP contribution in [0, 0.1) is 0 Å². The molecule has 23 heavy (non-hydrogen) atoms. The number of fused-ring (bicyclic) bond motifs is 1. The lowest BCUT2D eigenvalue weighted by Gasteiger charge is -1.98. The summed E-state index contributed by atoms with van der Waals surface area (Å²) in [5.41, 5.74) is 3.49. The maximum absolute atomic E-state index is 10.9. The number of benzene rings is 3. The van der Waals surface area contributed by atoms with E-state index in [-0.39, 0.29) is 11.8 Å². The Morgan fingerprint density at radius 3 is 1.22 bits per heavy atom. The summed E-state index contributed by atoms with van der Waals surface area (Å²) < 4.78 is 0. The van der Waals surface area contributed by atoms with Crippen LogP contribution in [0.1, 0.15) is 20.7 Å². The Hall–Kier alpha value is -3.20. The first-order valence-electron chi connectivity index (χ1n) is 7.31. The molecular formula is C20H15NO2. The van der Waals surface area contributed by atoms with Crippen molar-refractivity contribution in [3.8, 4) is 11.1 Å². The normalized spacial score (nSPS) is 12.0. The smallest absolute Gasteiger partial charge is 0.258 e. The molecule has 3 nitrogen and oxygen atoms in total. The summed E-state index contributed by atoms with van der Waals surface area (Å²) in [6.45, 7) is 0. The van der Waals surface area contributed by atoms with Gasteiger partial charge in [-0.1, -0.05) is 72.8 Å². The van der Waals surface area contributed by atoms with Crippen LogP contribution in [0.25, 0.3) is 11.1 Å². The average Bonchev–Trinajstić information content (AvgIpc) is 2.92. The van der Waals surface area contributed by atoms with Gasteiger partial charge in [0.1, 0.15) is 0 Å². The molecule has 4 rings (SSSR count). The summed E-state index contributed by atoms with van der Waals surface area (Å²) in [7, 11) is 0. The van der Waals surface area contributed by atoms with Crippen molar-refractivity contribution in [2.45, 2.75) is 0 Å². The average molecular weight is 301 g/mol. The van der Waals surface area contributed by atoms with E-state index in [0.29, 0.717) is 11.1 Å². The van der Waals surface area contributed by atoms with E-state index in [0.717, 1.165) is 0 Å². The summed E-state index contributed by atoms with van der Waals surface area (Å²) >= 11 is 0. The summed E-state index contributed by atoms with van der Waals surface area (Å²) in [5.74, 6) is -0.601. The molecule has 3 aromatic carbocycles. The van der Waals surface area contributed by atoms with Crippen LogP contribution in [-0.2, 0) is 0 Å². The van der Waals surface area contributed by atoms with Gasteiger partial charge in [0.25, 0.3) is 11.8 Å². The van der Waals surface area contributed by atoms with E-state index < -0.39 is 0 Å². The van der Waals surface area contributed by atoms with E-state index in [1.54, 1.807) is 24.3 Å². The van der Waals surface area contributed by atoms with Gasteiger partial charge < -0.3 is 0 Å². The summed E-state index contributed by atoms with van der Waals surface area (Å²) in [4.78, 5) is 21.9. The van der Waals surface area contributed by atoms with E-state index >= 15 is 0 Å². The number of carbonyl (C=O) groups excluding carboxylic acids is 2. The highest BCUT2D eigenvalue weighted by Crippen LogP contribution is 2.17. The SMILES string of the molecule is O=C1NC(=O)c2ccccc21.c1ccc(-c2ccccc2)cc1. The number of nitrogens with one attached hydrogen (secondary N) is 1. The fraction of sp³-hybridized carbons (Fsp3) is 0. The van der Waals surface area contributed by atoms with Crippen molar-refractivity contribution in [2.24, 2.45) is 0 Å². The molecule has 0 atom stereocenters. The molecule has 0 saturated carbocycles. The monoisotopic (exact) mass is 301 g/mol. The van der Waals surface area contributed by atoms with E-state index in [1.807, 2.05) is 12.1 Å². The van der Waals surface area contributed by atoms with Gasteiger partial charge in [0.2, 0.25) is 0 Å². The summed E-state index contributed by atoms with van der Waals surface area (Å²) in [6.07, 6.45) is 0. The molecule has 1 aliphatic rings. The van der Waals surface area contributed by atoms with Crippen LogP contribution in [0.4, 0.5) is 0 Å². The molecule has 0 saturated heterocycles. The van der Waals surface area contributed by atoms with Crippen molar-refractivity contribution in [1.29, 1.82) is 0 Å². The van der Waals surface area contributed by atoms with Gasteiger partial charge in [-0.25, -0.2) is 0 Å². The first-order valence-corrected chi connectivity index (χ1v) is 7.31. The Kier molecular flexibility index (Phi) is 4.29. The van der Waals surface area contributed by atoms with Crippen LogP contribution in [0.15, 0.2) is 84.9 Å². The molecule has 0 spiro atoms. The van der Waals surface area contributed by atoms with Crippen molar-refractivity contribution in [2.75, 3.05) is 0 Å². The van der Waals surface area contributed by atoms with Crippen molar-refractivity contribution in [1.82, 2.24) is 5.32 Å². The van der Waals surface area contributed by atoms with Crippen LogP contribution in [0.2, 0.25) is 0 Å². The second-order valence-corrected chi connectivity index (χ2v) is 5.06. The predicted octanol–water partition coefficient (Wildman–Crippen LogP) is 3.92. The van der Waals surface area contributed by atoms with Crippen LogP contribution < -0.4 is 5.32 Å². The zero-order valence-corrected chi connectivity index (χ0v) is 12.4. The van der Waals surface area contributed by atoms with Crippen LogP contribution >= 0.6 is 0 Å². The number of hydrogen-bond acceptors (Lipinski definition) is 2. The van der Waals surface area contributed by atoms with Gasteiger partial charge in [-0.2, -0.15) is 0 Å². The lowest BCUT2D eigenvalue weighted by atomic mass is 10.1. The summed E-state index contributed by atoms with van der Waals surface area (Å²) in [5, 5.41) is 2.20. The maximum atomic E-state index is 10.9. The lowest BCUT2D eigenvalue weighted by Crippen LogP contribution is -2.19. The number of imide groups is 1. The van der Waals surface area contributed by atoms with Gasteiger partial charge >= 0.3 is 0 Å². The molecule has 1 heterocycles. The molecule has 2 amide bonds. The first-order chi connectivity index (χ1) is 11.3. The van der Waals surface area contributed by atoms with Gasteiger partial charge in [0.15, 0.2) is 0 Å². The van der Waals surface area contributed by atoms with E-state index in [1.165, 1.54) is 11.1 Å². The molecule has 3 aromatic rings. The van der Waals surface area contributed by atoms with Crippen molar-refractivity contribution in [3.05, 3.63) is 96.1 Å². The molecule has 112 valence electrons. The third-order valence-electron chi connectivity index (χ3n) is 3.52. The topological polar surface area (TPSA) is 46.2 Å². The molecule has 3 heteroatoms. The number of hydrogen-bond donors (Lipinski definition) is 1. The molecule has 0 aliphatic carbocycles. The molecule has 1 aliphatic heterocycles. The van der Waals surface area contributed by atoms with Gasteiger partial charge in [0.05, 0.1) is 11.1 Å². The molecule has 0 radical (unpaired) electrons. The molecule has 0 unspecified atom stereocenters. The van der Waals surface area contributed by atoms with E-state index in [9.17, 15) is 9.59 Å². The Morgan fingerprint density at radius 1 is 0.478 bits per heavy atom. The van der Waals surface area contributed by atoms with Crippen molar-refractivity contribution < 1.29 is 9.59 Å². The van der Waals surface area contributed by atoms with Crippen LogP contribution in [-0.4, -0.2) is 11.8 Å². The number of carbonyl (C=O) groups is 2. The highest BCUT2D eigenvalue weighted by atomic mass is 16.2. The standard InChI is InChI=1S/C12H10.C8H5NO2/c1-3-7-11(8-4-1)12-9-5-2-6-10-12;10-7-5-3-1-2-4-6(5)8(11)9-7/h1-10H;1-4H,(H,9,10,11). The van der Waals surface area contributed by atoms with Gasteiger partial charge in [0, 0.05) is 0 Å². The second-order valence-electron chi connectivity index (χ2n) is 5.06. The van der Waals surface area contributed by atoms with Crippen LogP contribution in [0.3, 0.4) is 0 Å². The largest absolute Gasteiger partial charge is 0.288 e. The van der Waals surface area contributed by atoms with Crippen molar-refractivity contribution >= 4 is 11.8 Å². The minimum absolute atomic E-state index is 0.300. The first kappa shape index (κ1) is 14.7. The van der Waals surface area contributed by atoms with Crippen LogP contribution in [0.5, 0.6) is 0 Å². The highest BCUT2D eigenvalue weighted by molar-refractivity contribution is 6.21.